The molecule has 4 atom stereocenters. The summed E-state index contributed by atoms with van der Waals surface area (Å²) in [5.41, 5.74) is 1.54. The Morgan fingerprint density at radius 2 is 1.61 bits per heavy atom. The number of rotatable bonds is 10. The number of aliphatic carboxylic acids is 1. The molecule has 14 heteroatoms. The molecule has 1 aromatic heterocycles. The topological polar surface area (TPSA) is 190 Å². The second-order valence-corrected chi connectivity index (χ2v) is 13.3. The molecule has 5 amide bonds. The number of hydrogen-bond acceptors (Lipinski definition) is 6. The first-order valence-electron chi connectivity index (χ1n) is 15.6. The number of carboxylic acid groups (broad SMARTS) is 1. The van der Waals surface area contributed by atoms with Crippen molar-refractivity contribution in [3.8, 4) is 0 Å². The first kappa shape index (κ1) is 36.0. The van der Waals surface area contributed by atoms with Gasteiger partial charge in [0.2, 0.25) is 29.5 Å². The second kappa shape index (κ2) is 15.7. The largest absolute Gasteiger partial charge is 0.481 e. The van der Waals surface area contributed by atoms with Crippen LogP contribution in [0.25, 0.3) is 10.9 Å². The summed E-state index contributed by atoms with van der Waals surface area (Å²) in [6, 6.07) is 2.70. The molecule has 1 fully saturated rings. The summed E-state index contributed by atoms with van der Waals surface area (Å²) in [6.07, 6.45) is 2.70. The van der Waals surface area contributed by atoms with E-state index in [0.717, 1.165) is 28.4 Å². The van der Waals surface area contributed by atoms with Crippen LogP contribution in [0.3, 0.4) is 0 Å². The van der Waals surface area contributed by atoms with Crippen LogP contribution >= 0.6 is 0 Å². The quantitative estimate of drug-likeness (QED) is 0.157. The maximum absolute atomic E-state index is 14.1. The number of carbonyl (C=O) groups is 6. The lowest BCUT2D eigenvalue weighted by Gasteiger charge is -2.34. The number of nitrogens with one attached hydrogen (secondary N) is 5. The van der Waals surface area contributed by atoms with E-state index in [1.165, 1.54) is 11.9 Å². The van der Waals surface area contributed by atoms with E-state index in [4.69, 9.17) is 0 Å². The maximum Gasteiger partial charge on any atom is 0.305 e. The second-order valence-electron chi connectivity index (χ2n) is 13.3. The van der Waals surface area contributed by atoms with Gasteiger partial charge in [0.1, 0.15) is 24.2 Å². The molecule has 2 aromatic rings. The van der Waals surface area contributed by atoms with Crippen molar-refractivity contribution in [1.82, 2.24) is 31.2 Å². The van der Waals surface area contributed by atoms with Gasteiger partial charge in [0, 0.05) is 30.6 Å². The number of benzene rings is 1. The van der Waals surface area contributed by atoms with E-state index in [-0.39, 0.29) is 12.3 Å². The molecule has 0 bridgehead atoms. The van der Waals surface area contributed by atoms with Crippen LogP contribution in [0, 0.1) is 5.92 Å². The molecule has 2 unspecified atom stereocenters. The summed E-state index contributed by atoms with van der Waals surface area (Å²) in [7, 11) is 7.63. The van der Waals surface area contributed by atoms with Gasteiger partial charge in [-0.1, -0.05) is 32.0 Å². The van der Waals surface area contributed by atoms with Gasteiger partial charge < -0.3 is 40.7 Å². The number of quaternary nitrogens is 1. The molecule has 6 N–H and O–H groups in total. The third kappa shape index (κ3) is 10.0. The van der Waals surface area contributed by atoms with Crippen LogP contribution in [0.15, 0.2) is 30.5 Å². The number of para-hydroxylation sites is 1. The van der Waals surface area contributed by atoms with Crippen molar-refractivity contribution < 1.29 is 38.4 Å². The predicted molar refractivity (Wildman–Crippen MR) is 171 cm³/mol. The van der Waals surface area contributed by atoms with E-state index < -0.39 is 72.6 Å². The SMILES string of the molecule is CC(C)[C@H]1C(=O)NC(CCCC[N+](C)(C)C)C(=O)NCC(=O)NC(CC(=O)O)C(=O)N[C@H](Cc2c[nH]c3ccccc23)C(=O)N1C. The molecule has 252 valence electrons. The number of aromatic amines is 1. The molecular weight excluding hydrogens is 594 g/mol. The average molecular weight is 643 g/mol. The number of hydrogen-bond donors (Lipinski definition) is 6. The number of H-pyrrole nitrogens is 1. The van der Waals surface area contributed by atoms with E-state index in [2.05, 4.69) is 47.4 Å². The van der Waals surface area contributed by atoms with E-state index in [1.807, 2.05) is 24.3 Å². The third-order valence-corrected chi connectivity index (χ3v) is 8.04. The van der Waals surface area contributed by atoms with Crippen molar-refractivity contribution in [2.75, 3.05) is 41.3 Å². The lowest BCUT2D eigenvalue weighted by molar-refractivity contribution is -0.870. The maximum atomic E-state index is 14.1. The first-order valence-corrected chi connectivity index (χ1v) is 15.6. The van der Waals surface area contributed by atoms with Crippen molar-refractivity contribution in [1.29, 1.82) is 0 Å². The Morgan fingerprint density at radius 1 is 0.935 bits per heavy atom. The number of amides is 5. The number of fused-ring (bicyclic) bond motifs is 1. The fourth-order valence-corrected chi connectivity index (χ4v) is 5.68. The highest BCUT2D eigenvalue weighted by Crippen LogP contribution is 2.21. The van der Waals surface area contributed by atoms with Gasteiger partial charge in [0.15, 0.2) is 0 Å². The van der Waals surface area contributed by atoms with Crippen molar-refractivity contribution in [2.24, 2.45) is 5.92 Å². The van der Waals surface area contributed by atoms with Crippen molar-refractivity contribution >= 4 is 46.4 Å². The first-order chi connectivity index (χ1) is 21.6. The Bertz CT molecular complexity index is 1430. The van der Waals surface area contributed by atoms with Crippen LogP contribution in [-0.4, -0.2) is 120 Å². The van der Waals surface area contributed by atoms with Crippen LogP contribution in [-0.2, 0) is 35.2 Å². The van der Waals surface area contributed by atoms with Gasteiger partial charge in [-0.3, -0.25) is 28.8 Å². The Balaban J connectivity index is 2.00. The van der Waals surface area contributed by atoms with E-state index >= 15 is 0 Å². The Labute approximate surface area is 269 Å². The number of aromatic nitrogens is 1. The van der Waals surface area contributed by atoms with E-state index in [0.29, 0.717) is 18.4 Å². The van der Waals surface area contributed by atoms with Gasteiger partial charge >= 0.3 is 5.97 Å². The molecule has 0 aliphatic carbocycles. The van der Waals surface area contributed by atoms with E-state index in [1.54, 1.807) is 20.0 Å². The summed E-state index contributed by atoms with van der Waals surface area (Å²) in [5, 5.41) is 20.6. The molecule has 0 radical (unpaired) electrons. The molecule has 2 heterocycles. The lowest BCUT2D eigenvalue weighted by atomic mass is 9.98. The summed E-state index contributed by atoms with van der Waals surface area (Å²) in [4.78, 5) is 83.5. The minimum absolute atomic E-state index is 0.0219. The summed E-state index contributed by atoms with van der Waals surface area (Å²) < 4.78 is 0.732. The minimum Gasteiger partial charge on any atom is -0.481 e. The molecule has 1 aliphatic rings. The fraction of sp³-hybridized carbons (Fsp3) is 0.562. The van der Waals surface area contributed by atoms with E-state index in [9.17, 15) is 33.9 Å². The zero-order valence-corrected chi connectivity index (χ0v) is 27.5. The van der Waals surface area contributed by atoms with Crippen molar-refractivity contribution in [3.63, 3.8) is 0 Å². The smallest absolute Gasteiger partial charge is 0.305 e. The van der Waals surface area contributed by atoms with Gasteiger partial charge in [-0.15, -0.1) is 0 Å². The summed E-state index contributed by atoms with van der Waals surface area (Å²) in [5.74, 6) is -5.14. The molecule has 0 saturated carbocycles. The third-order valence-electron chi connectivity index (χ3n) is 8.04. The zero-order valence-electron chi connectivity index (χ0n) is 27.5. The average Bonchev–Trinajstić information content (AvgIpc) is 3.37. The molecule has 3 rings (SSSR count). The molecule has 14 nitrogen and oxygen atoms in total. The monoisotopic (exact) mass is 642 g/mol. The highest BCUT2D eigenvalue weighted by Gasteiger charge is 2.37. The Hall–Kier alpha value is -4.46. The fourth-order valence-electron chi connectivity index (χ4n) is 5.68. The van der Waals surface area contributed by atoms with Crippen LogP contribution in [0.5, 0.6) is 0 Å². The van der Waals surface area contributed by atoms with Crippen LogP contribution in [0.2, 0.25) is 0 Å². The van der Waals surface area contributed by atoms with Crippen LogP contribution in [0.4, 0.5) is 0 Å². The van der Waals surface area contributed by atoms with Gasteiger partial charge in [0.05, 0.1) is 40.7 Å². The standard InChI is InChI=1S/C32H47N7O7/c1-19(2)28-31(45)36-23(13-9-10-14-39(4,5)6)29(43)34-18-26(40)35-24(16-27(41)42)30(44)37-25(32(46)38(28)3)15-20-17-33-22-12-8-7-11-21(20)22/h7-8,11-12,17,19,23-25,28,33H,9-10,13-16,18H2,1-6H3,(H4-,34,35,36,37,40,41,42,43,44,45)/p+1/t23?,24?,25-,28+/m1/s1. The summed E-state index contributed by atoms with van der Waals surface area (Å²) >= 11 is 0. The van der Waals surface area contributed by atoms with Crippen LogP contribution in [0.1, 0.15) is 45.1 Å². The predicted octanol–water partition coefficient (Wildman–Crippen LogP) is 0.129. The van der Waals surface area contributed by atoms with Crippen LogP contribution < -0.4 is 21.3 Å². The normalized spacial score (nSPS) is 22.5. The minimum atomic E-state index is -1.53. The van der Waals surface area contributed by atoms with Crippen molar-refractivity contribution in [3.05, 3.63) is 36.0 Å². The zero-order chi connectivity index (χ0) is 34.2. The molecule has 46 heavy (non-hydrogen) atoms. The Kier molecular flexibility index (Phi) is 12.3. The lowest BCUT2D eigenvalue weighted by Crippen LogP contribution is -2.59. The number of likely N-dealkylation sites (N-methyl/N-ethyl adjacent to an activating group) is 1. The number of carbonyl (C=O) groups excluding carboxylic acids is 5. The highest BCUT2D eigenvalue weighted by molar-refractivity contribution is 5.98. The molecule has 1 aromatic carbocycles. The number of nitrogens with zero attached hydrogens (tertiary/aromatic N) is 2. The van der Waals surface area contributed by atoms with Crippen molar-refractivity contribution in [2.45, 2.75) is 70.1 Å². The molecule has 1 aliphatic heterocycles. The highest BCUT2D eigenvalue weighted by atomic mass is 16.4. The molecular formula is C32H48N7O7+. The number of unbranched alkanes of at least 4 members (excludes halogenated alkanes) is 1. The molecule has 0 spiro atoms. The van der Waals surface area contributed by atoms with Gasteiger partial charge in [0.25, 0.3) is 0 Å². The molecule has 1 saturated heterocycles. The van der Waals surface area contributed by atoms with Gasteiger partial charge in [-0.05, 0) is 36.8 Å². The van der Waals surface area contributed by atoms with Gasteiger partial charge in [-0.25, -0.2) is 0 Å². The number of carboxylic acids is 1. The van der Waals surface area contributed by atoms with Gasteiger partial charge in [-0.2, -0.15) is 0 Å². The Morgan fingerprint density at radius 3 is 2.26 bits per heavy atom. The summed E-state index contributed by atoms with van der Waals surface area (Å²) in [6.45, 7) is 3.85.